The van der Waals surface area contributed by atoms with Crippen LogP contribution in [0.4, 0.5) is 0 Å². The number of nitrogens with zero attached hydrogens (tertiary/aromatic N) is 1. The maximum atomic E-state index is 13.8. The highest BCUT2D eigenvalue weighted by Gasteiger charge is 2.52. The molecular weight excluding hydrogens is 983 g/mol. The number of allylic oxidation sites excluding steroid dienone is 3. The highest BCUT2D eigenvalue weighted by molar-refractivity contribution is 5.91. The molecule has 0 spiro atoms. The topological polar surface area (TPSA) is 354 Å². The van der Waals surface area contributed by atoms with Crippen LogP contribution >= 0.6 is 0 Å². The molecule has 0 aliphatic carbocycles. The van der Waals surface area contributed by atoms with E-state index in [0.717, 1.165) is 6.29 Å². The van der Waals surface area contributed by atoms with Crippen molar-refractivity contribution in [1.29, 1.82) is 0 Å². The maximum absolute atomic E-state index is 13.8. The predicted molar refractivity (Wildman–Crippen MR) is 258 cm³/mol. The summed E-state index contributed by atoms with van der Waals surface area (Å²) in [4.78, 5) is 61.1. The summed E-state index contributed by atoms with van der Waals surface area (Å²) in [5.74, 6) is -7.13. The van der Waals surface area contributed by atoms with Crippen LogP contribution in [0.3, 0.4) is 0 Å². The summed E-state index contributed by atoms with van der Waals surface area (Å²) in [6.45, 7) is 13.6. The Morgan fingerprint density at radius 1 is 0.838 bits per heavy atom. The zero-order chi connectivity index (χ0) is 56.1. The molecule has 74 heavy (non-hydrogen) atoms. The Kier molecular flexibility index (Phi) is 25.7. The summed E-state index contributed by atoms with van der Waals surface area (Å²) in [5.41, 5.74) is -0.806. The minimum absolute atomic E-state index is 0.00788. The van der Waals surface area contributed by atoms with Crippen LogP contribution in [0.25, 0.3) is 0 Å². The number of cyclic esters (lactones) is 1. The number of hydrogen-bond donors (Lipinski definition) is 9. The van der Waals surface area contributed by atoms with Crippen LogP contribution in [0.1, 0.15) is 87.5 Å². The van der Waals surface area contributed by atoms with E-state index in [-0.39, 0.29) is 31.7 Å². The Morgan fingerprint density at radius 3 is 1.96 bits per heavy atom. The van der Waals surface area contributed by atoms with Gasteiger partial charge in [-0.3, -0.25) is 9.59 Å². The molecule has 4 aliphatic rings. The number of esters is 1. The lowest BCUT2D eigenvalue weighted by atomic mass is 9.79. The molecule has 0 aromatic heterocycles. The van der Waals surface area contributed by atoms with E-state index in [1.165, 1.54) is 27.2 Å². The van der Waals surface area contributed by atoms with Gasteiger partial charge in [-0.25, -0.2) is 9.59 Å². The highest BCUT2D eigenvalue weighted by atomic mass is 16.7. The summed E-state index contributed by atoms with van der Waals surface area (Å²) in [7, 11) is 6.43. The number of carboxylic acids is 2. The lowest BCUT2D eigenvalue weighted by Crippen LogP contribution is -2.65. The fraction of sp³-hybridized carbons (Fsp3) is 0.820. The normalized spacial score (nSPS) is 41.9. The number of carbonyl (C=O) groups is 5. The molecule has 4 rings (SSSR count). The number of carbonyl (C=O) groups excluding carboxylic acids is 3. The van der Waals surface area contributed by atoms with Crippen molar-refractivity contribution in [3.05, 3.63) is 23.8 Å². The van der Waals surface area contributed by atoms with Gasteiger partial charge in [-0.2, -0.15) is 0 Å². The average Bonchev–Trinajstić information content (AvgIpc) is 3.33. The number of aldehydes is 1. The van der Waals surface area contributed by atoms with E-state index in [0.29, 0.717) is 12.0 Å². The first kappa shape index (κ1) is 64.9. The molecule has 3 saturated heterocycles. The number of aliphatic hydroxyl groups is 7. The van der Waals surface area contributed by atoms with Gasteiger partial charge in [-0.1, -0.05) is 38.5 Å². The number of rotatable bonds is 16. The zero-order valence-electron chi connectivity index (χ0n) is 44.4. The van der Waals surface area contributed by atoms with E-state index in [1.807, 2.05) is 19.9 Å². The molecule has 4 aliphatic heterocycles. The van der Waals surface area contributed by atoms with Crippen LogP contribution in [0.2, 0.25) is 0 Å². The van der Waals surface area contributed by atoms with Gasteiger partial charge in [0.05, 0.1) is 55.2 Å². The van der Waals surface area contributed by atoms with Gasteiger partial charge in [-0.15, -0.1) is 0 Å². The van der Waals surface area contributed by atoms with Gasteiger partial charge in [0.1, 0.15) is 49.0 Å². The fourth-order valence-corrected chi connectivity index (χ4v) is 9.78. The van der Waals surface area contributed by atoms with Gasteiger partial charge < -0.3 is 98.3 Å². The highest BCUT2D eigenvalue weighted by Crippen LogP contribution is 2.37. The molecule has 3 fully saturated rings. The Labute approximate surface area is 432 Å². The van der Waals surface area contributed by atoms with Crippen LogP contribution in [0.5, 0.6) is 0 Å². The third-order valence-electron chi connectivity index (χ3n) is 14.2. The summed E-state index contributed by atoms with van der Waals surface area (Å²) in [6, 6.07) is -0.748. The number of ether oxygens (including phenoxy) is 9. The maximum Gasteiger partial charge on any atom is 0.335 e. The van der Waals surface area contributed by atoms with Gasteiger partial charge in [0.15, 0.2) is 36.9 Å². The van der Waals surface area contributed by atoms with Crippen molar-refractivity contribution in [3.63, 3.8) is 0 Å². The minimum atomic E-state index is -2.27. The second-order valence-electron chi connectivity index (χ2n) is 20.3. The first-order valence-corrected chi connectivity index (χ1v) is 25.0. The molecule has 4 heterocycles. The summed E-state index contributed by atoms with van der Waals surface area (Å²) in [6.07, 6.45) is -13.0. The van der Waals surface area contributed by atoms with Crippen molar-refractivity contribution in [2.75, 3.05) is 34.9 Å². The molecular formula is C50H83NO23. The SMILES string of the molecule is CC[C@H]1OC(=O)C[C@@H](O)[C@H](C)[C@@H](O[C@@H]2O[C@H](C)[C@@H](O[C@H]3C[C@@](C)(O)[C@@H](O)[C@H](C)O3)[C@H](N(C)C)[C@H]2O)C(CC=O)C[C@@H](C)C(=O)/C=C/C(C)=C/[C@@H]1CO[C@@H]1O[C@H](C)[C@@H](O)[C@@H](OC)[C@H]1OC.O=C(O)[C@H](O)[C@@H](O)C(=O)O. The lowest BCUT2D eigenvalue weighted by molar-refractivity contribution is -0.341. The third kappa shape index (κ3) is 17.3. The number of carboxylic acid groups (broad SMARTS) is 2. The molecule has 9 N–H and O–H groups in total. The van der Waals surface area contributed by atoms with E-state index in [4.69, 9.17) is 63.1 Å². The fourth-order valence-electron chi connectivity index (χ4n) is 9.78. The molecule has 1 unspecified atom stereocenters. The number of hydrogen-bond acceptors (Lipinski definition) is 22. The van der Waals surface area contributed by atoms with E-state index in [1.54, 1.807) is 59.7 Å². The molecule has 24 nitrogen and oxygen atoms in total. The largest absolute Gasteiger partial charge is 0.479 e. The van der Waals surface area contributed by atoms with E-state index in [9.17, 15) is 49.5 Å². The van der Waals surface area contributed by atoms with Crippen molar-refractivity contribution in [1.82, 2.24) is 4.90 Å². The molecule has 426 valence electrons. The summed E-state index contributed by atoms with van der Waals surface area (Å²) >= 11 is 0. The Morgan fingerprint density at radius 2 is 1.43 bits per heavy atom. The molecule has 0 aromatic carbocycles. The number of methoxy groups -OCH3 is 2. The Balaban J connectivity index is 0.00000130. The van der Waals surface area contributed by atoms with Crippen molar-refractivity contribution in [2.45, 2.75) is 203 Å². The molecule has 24 heteroatoms. The van der Waals surface area contributed by atoms with Crippen LogP contribution < -0.4 is 0 Å². The van der Waals surface area contributed by atoms with E-state index < -0.39 is 164 Å². The van der Waals surface area contributed by atoms with Gasteiger partial charge in [0.25, 0.3) is 0 Å². The van der Waals surface area contributed by atoms with Gasteiger partial charge in [0, 0.05) is 44.8 Å². The van der Waals surface area contributed by atoms with E-state index in [2.05, 4.69) is 0 Å². The van der Waals surface area contributed by atoms with Crippen molar-refractivity contribution >= 4 is 30.0 Å². The second kappa shape index (κ2) is 29.4. The van der Waals surface area contributed by atoms with Crippen molar-refractivity contribution in [2.24, 2.45) is 23.7 Å². The zero-order valence-corrected chi connectivity index (χ0v) is 44.4. The monoisotopic (exact) mass is 1070 g/mol. The molecule has 0 bridgehead atoms. The van der Waals surface area contributed by atoms with Crippen molar-refractivity contribution in [3.8, 4) is 0 Å². The summed E-state index contributed by atoms with van der Waals surface area (Å²) < 4.78 is 54.7. The summed E-state index contributed by atoms with van der Waals surface area (Å²) in [5, 5.41) is 88.3. The van der Waals surface area contributed by atoms with Crippen LogP contribution in [0.15, 0.2) is 23.8 Å². The molecule has 0 saturated carbocycles. The quantitative estimate of drug-likeness (QED) is 0.0708. The smallest absolute Gasteiger partial charge is 0.335 e. The standard InChI is InChI=1S/C46H77NO17.C4H6O6/c1-13-33-30(22-58-45-42(57-12)41(56-11)37(52)26(5)60-45)18-23(2)14-15-31(49)24(3)19-29(16-17-48)39(25(4)32(50)20-34(51)62-33)64-44-38(53)36(47(9)10)40(27(6)61-44)63-35-21-46(8,55)43(54)28(7)59-35;5-1(3(7)8)2(6)4(9)10/h14-15,17-18,24-30,32-33,35-45,50,52-55H,13,16,19-22H2,1-12H3;1-2,5-6H,(H,7,8)(H,9,10)/b15-14+,23-18+;/t24-,25+,26-,27-,28+,29?,30-,32-,33-,35+,36-,37-,38-,39-,40-,41-,42-,43+,44+,45-,46-;1-,2-/m11/s1. The third-order valence-corrected chi connectivity index (χ3v) is 14.2. The van der Waals surface area contributed by atoms with Crippen LogP contribution in [0, 0.1) is 23.7 Å². The first-order valence-electron chi connectivity index (χ1n) is 25.0. The first-order chi connectivity index (χ1) is 34.5. The predicted octanol–water partition coefficient (Wildman–Crippen LogP) is -0.289. The molecule has 0 aromatic rings. The number of aliphatic hydroxyl groups excluding tert-OH is 6. The Hall–Kier alpha value is -3.41. The van der Waals surface area contributed by atoms with Gasteiger partial charge in [0.2, 0.25) is 0 Å². The van der Waals surface area contributed by atoms with Gasteiger partial charge >= 0.3 is 17.9 Å². The number of ketones is 1. The molecule has 23 atom stereocenters. The number of likely N-dealkylation sites (N-methyl/N-ethyl adjacent to an activating group) is 1. The molecule has 0 amide bonds. The van der Waals surface area contributed by atoms with Crippen molar-refractivity contribution < 1.29 is 113 Å². The number of aliphatic carboxylic acids is 2. The van der Waals surface area contributed by atoms with Crippen LogP contribution in [-0.4, -0.2) is 232 Å². The van der Waals surface area contributed by atoms with Gasteiger partial charge in [-0.05, 0) is 73.5 Å². The van der Waals surface area contributed by atoms with E-state index >= 15 is 0 Å². The lowest BCUT2D eigenvalue weighted by Gasteiger charge is -2.50. The second-order valence-corrected chi connectivity index (χ2v) is 20.3. The average molecular weight is 1070 g/mol. The minimum Gasteiger partial charge on any atom is -0.479 e. The van der Waals surface area contributed by atoms with Crippen LogP contribution in [-0.2, 0) is 66.6 Å². The Bertz CT molecular complexity index is 1850. The molecule has 0 radical (unpaired) electrons.